The molecule has 2 saturated heterocycles. The van der Waals surface area contributed by atoms with E-state index in [1.54, 1.807) is 13.0 Å². The van der Waals surface area contributed by atoms with Gasteiger partial charge in [-0.2, -0.15) is 0 Å². The van der Waals surface area contributed by atoms with Gasteiger partial charge in [-0.15, -0.1) is 0 Å². The molecule has 1 aromatic rings. The predicted octanol–water partition coefficient (Wildman–Crippen LogP) is 3.63. The molecule has 1 aromatic carbocycles. The van der Waals surface area contributed by atoms with E-state index in [1.165, 1.54) is 0 Å². The molecule has 1 atom stereocenters. The topological polar surface area (TPSA) is 71.1 Å². The van der Waals surface area contributed by atoms with Gasteiger partial charge in [0.15, 0.2) is 5.11 Å². The van der Waals surface area contributed by atoms with E-state index in [2.05, 4.69) is 10.2 Å². The van der Waals surface area contributed by atoms with Crippen molar-refractivity contribution in [2.24, 2.45) is 5.41 Å². The molecule has 2 aliphatic rings. The maximum atomic E-state index is 12.8. The quantitative estimate of drug-likeness (QED) is 0.341. The number of hydrogen-bond acceptors (Lipinski definition) is 5. The first-order valence-electron chi connectivity index (χ1n) is 12.3. The summed E-state index contributed by atoms with van der Waals surface area (Å²) >= 11 is 5.61. The van der Waals surface area contributed by atoms with Crippen LogP contribution in [0.25, 0.3) is 6.08 Å². The number of para-hydroxylation sites is 1. The number of likely N-dealkylation sites (tertiary alicyclic amines) is 2. The summed E-state index contributed by atoms with van der Waals surface area (Å²) in [4.78, 5) is 28.6. The SMILES string of the molecule is CCOC(=O)CC(C)NC(=S)N1CCC2(CCN(C(=O)/C=C/c3ccccc3OCC)CC2)C1. The number of carbonyl (C=O) groups excluding carboxylic acids is 2. The molecule has 2 aliphatic heterocycles. The van der Waals surface area contributed by atoms with E-state index in [9.17, 15) is 9.59 Å². The molecular formula is C26H37N3O4S. The van der Waals surface area contributed by atoms with Gasteiger partial charge in [0, 0.05) is 43.9 Å². The lowest BCUT2D eigenvalue weighted by atomic mass is 9.78. The first-order valence-corrected chi connectivity index (χ1v) is 12.7. The summed E-state index contributed by atoms with van der Waals surface area (Å²) in [5.41, 5.74) is 1.11. The molecule has 1 unspecified atom stereocenters. The van der Waals surface area contributed by atoms with Crippen LogP contribution in [0.15, 0.2) is 30.3 Å². The maximum absolute atomic E-state index is 12.8. The van der Waals surface area contributed by atoms with Gasteiger partial charge in [-0.05, 0) is 69.8 Å². The predicted molar refractivity (Wildman–Crippen MR) is 138 cm³/mol. The Bertz CT molecular complexity index is 896. The number of esters is 1. The van der Waals surface area contributed by atoms with Gasteiger partial charge in [-0.25, -0.2) is 0 Å². The summed E-state index contributed by atoms with van der Waals surface area (Å²) in [6.07, 6.45) is 6.81. The molecule has 3 rings (SSSR count). The third kappa shape index (κ3) is 6.95. The summed E-state index contributed by atoms with van der Waals surface area (Å²) in [6, 6.07) is 7.68. The number of ether oxygens (including phenoxy) is 2. The lowest BCUT2D eigenvalue weighted by Gasteiger charge is -2.39. The number of carbonyl (C=O) groups is 2. The highest BCUT2D eigenvalue weighted by Crippen LogP contribution is 2.40. The Morgan fingerprint density at radius 3 is 2.47 bits per heavy atom. The zero-order valence-corrected chi connectivity index (χ0v) is 21.4. The lowest BCUT2D eigenvalue weighted by Crippen LogP contribution is -2.46. The van der Waals surface area contributed by atoms with Gasteiger partial charge in [-0.3, -0.25) is 9.59 Å². The molecule has 2 fully saturated rings. The number of amides is 1. The summed E-state index contributed by atoms with van der Waals surface area (Å²) in [7, 11) is 0. The Kier molecular flexibility index (Phi) is 9.33. The molecule has 1 spiro atoms. The monoisotopic (exact) mass is 487 g/mol. The van der Waals surface area contributed by atoms with E-state index in [-0.39, 0.29) is 23.3 Å². The van der Waals surface area contributed by atoms with E-state index >= 15 is 0 Å². The van der Waals surface area contributed by atoms with Crippen LogP contribution in [0.5, 0.6) is 5.75 Å². The number of thiocarbonyl (C=S) groups is 1. The van der Waals surface area contributed by atoms with Gasteiger partial charge in [0.1, 0.15) is 5.75 Å². The van der Waals surface area contributed by atoms with Crippen LogP contribution in [0, 0.1) is 5.41 Å². The van der Waals surface area contributed by atoms with Crippen LogP contribution in [0.1, 0.15) is 52.0 Å². The van der Waals surface area contributed by atoms with E-state index in [4.69, 9.17) is 21.7 Å². The van der Waals surface area contributed by atoms with Gasteiger partial charge < -0.3 is 24.6 Å². The summed E-state index contributed by atoms with van der Waals surface area (Å²) in [6.45, 7) is 9.98. The Balaban J connectivity index is 1.47. The molecule has 0 saturated carbocycles. The Morgan fingerprint density at radius 1 is 1.12 bits per heavy atom. The first-order chi connectivity index (χ1) is 16.4. The van der Waals surface area contributed by atoms with Crippen molar-refractivity contribution < 1.29 is 19.1 Å². The second-order valence-corrected chi connectivity index (χ2v) is 9.55. The molecule has 0 aromatic heterocycles. The van der Waals surface area contributed by atoms with Gasteiger partial charge in [0.2, 0.25) is 5.91 Å². The molecule has 8 heteroatoms. The van der Waals surface area contributed by atoms with Crippen molar-refractivity contribution in [3.05, 3.63) is 35.9 Å². The van der Waals surface area contributed by atoms with Crippen LogP contribution in [-0.2, 0) is 14.3 Å². The molecule has 186 valence electrons. The standard InChI is InChI=1S/C26H37N3O4S/c1-4-32-22-9-7-6-8-21(22)10-11-23(30)28-15-12-26(13-16-28)14-17-29(19-26)25(34)27-20(3)18-24(31)33-5-2/h6-11,20H,4-5,12-19H2,1-3H3,(H,27,34)/b11-10+. The van der Waals surface area contributed by atoms with Crippen molar-refractivity contribution in [1.29, 1.82) is 0 Å². The molecule has 0 bridgehead atoms. The minimum Gasteiger partial charge on any atom is -0.493 e. The highest BCUT2D eigenvalue weighted by molar-refractivity contribution is 7.80. The third-order valence-electron chi connectivity index (χ3n) is 6.63. The number of benzene rings is 1. The largest absolute Gasteiger partial charge is 0.493 e. The zero-order chi connectivity index (χ0) is 24.6. The average molecular weight is 488 g/mol. The fourth-order valence-corrected chi connectivity index (χ4v) is 5.07. The van der Waals surface area contributed by atoms with Crippen molar-refractivity contribution in [2.45, 2.75) is 52.5 Å². The van der Waals surface area contributed by atoms with Crippen molar-refractivity contribution >= 4 is 35.3 Å². The third-order valence-corrected chi connectivity index (χ3v) is 7.01. The van der Waals surface area contributed by atoms with Gasteiger partial charge in [0.25, 0.3) is 0 Å². The smallest absolute Gasteiger partial charge is 0.307 e. The number of rotatable bonds is 8. The van der Waals surface area contributed by atoms with Crippen molar-refractivity contribution in [3.8, 4) is 5.75 Å². The van der Waals surface area contributed by atoms with Crippen molar-refractivity contribution in [1.82, 2.24) is 15.1 Å². The van der Waals surface area contributed by atoms with E-state index in [0.717, 1.165) is 56.8 Å². The highest BCUT2D eigenvalue weighted by Gasteiger charge is 2.42. The van der Waals surface area contributed by atoms with E-state index < -0.39 is 0 Å². The Hall–Kier alpha value is -2.61. The summed E-state index contributed by atoms with van der Waals surface area (Å²) < 4.78 is 10.7. The van der Waals surface area contributed by atoms with E-state index in [1.807, 2.05) is 49.1 Å². The van der Waals surface area contributed by atoms with Gasteiger partial charge in [0.05, 0.1) is 19.6 Å². The van der Waals surface area contributed by atoms with E-state index in [0.29, 0.717) is 24.7 Å². The molecule has 0 radical (unpaired) electrons. The maximum Gasteiger partial charge on any atom is 0.307 e. The molecular weight excluding hydrogens is 450 g/mol. The fourth-order valence-electron chi connectivity index (χ4n) is 4.71. The molecule has 1 amide bonds. The average Bonchev–Trinajstić information content (AvgIpc) is 3.22. The minimum atomic E-state index is -0.212. The van der Waals surface area contributed by atoms with Crippen molar-refractivity contribution in [3.63, 3.8) is 0 Å². The Morgan fingerprint density at radius 2 is 1.79 bits per heavy atom. The number of hydrogen-bond donors (Lipinski definition) is 1. The normalized spacial score (nSPS) is 18.2. The number of nitrogens with zero attached hydrogens (tertiary/aromatic N) is 2. The highest BCUT2D eigenvalue weighted by atomic mass is 32.1. The van der Waals surface area contributed by atoms with Crippen LogP contribution in [0.3, 0.4) is 0 Å². The minimum absolute atomic E-state index is 0.0426. The molecule has 0 aliphatic carbocycles. The fraction of sp³-hybridized carbons (Fsp3) is 0.577. The van der Waals surface area contributed by atoms with Gasteiger partial charge >= 0.3 is 5.97 Å². The molecule has 7 nitrogen and oxygen atoms in total. The molecule has 1 N–H and O–H groups in total. The number of piperidine rings is 1. The van der Waals surface area contributed by atoms with Crippen molar-refractivity contribution in [2.75, 3.05) is 39.4 Å². The molecule has 2 heterocycles. The zero-order valence-electron chi connectivity index (χ0n) is 20.5. The summed E-state index contributed by atoms with van der Waals surface area (Å²) in [5.74, 6) is 0.621. The van der Waals surface area contributed by atoms with Crippen LogP contribution in [0.4, 0.5) is 0 Å². The number of nitrogens with one attached hydrogen (secondary N) is 1. The second-order valence-electron chi connectivity index (χ2n) is 9.16. The van der Waals surface area contributed by atoms with Crippen LogP contribution in [-0.4, -0.2) is 72.2 Å². The van der Waals surface area contributed by atoms with Crippen LogP contribution < -0.4 is 10.1 Å². The second kappa shape index (κ2) is 12.2. The first kappa shape index (κ1) is 26.0. The Labute approximate surface area is 208 Å². The summed E-state index contributed by atoms with van der Waals surface area (Å²) in [5, 5.41) is 3.98. The van der Waals surface area contributed by atoms with Gasteiger partial charge in [-0.1, -0.05) is 18.2 Å². The van der Waals surface area contributed by atoms with Crippen LogP contribution in [0.2, 0.25) is 0 Å². The van der Waals surface area contributed by atoms with Crippen LogP contribution >= 0.6 is 12.2 Å². The lowest BCUT2D eigenvalue weighted by molar-refractivity contribution is -0.143. The molecule has 34 heavy (non-hydrogen) atoms.